The largest absolute Gasteiger partial charge is 0.481 e. The Balaban J connectivity index is 1.90. The normalized spacial score (nSPS) is 16.8. The molecule has 0 saturated carbocycles. The number of carbonyl (C=O) groups is 1. The molecule has 1 N–H and O–H groups in total. The Morgan fingerprint density at radius 2 is 2.00 bits per heavy atom. The quantitative estimate of drug-likeness (QED) is 0.880. The van der Waals surface area contributed by atoms with Gasteiger partial charge in [-0.1, -0.05) is 6.92 Å². The molecule has 1 aromatic heterocycles. The fourth-order valence-corrected chi connectivity index (χ4v) is 2.28. The number of carboxylic acids is 1. The SMILES string of the molecule is CCc1cnc(N2CCC(CC(=O)O)CC2)nc1. The lowest BCUT2D eigenvalue weighted by molar-refractivity contribution is -0.138. The van der Waals surface area contributed by atoms with E-state index in [0.29, 0.717) is 5.92 Å². The predicted molar refractivity (Wildman–Crippen MR) is 68.6 cm³/mol. The molecule has 18 heavy (non-hydrogen) atoms. The first-order chi connectivity index (χ1) is 8.69. The molecule has 0 unspecified atom stereocenters. The summed E-state index contributed by atoms with van der Waals surface area (Å²) in [4.78, 5) is 21.5. The smallest absolute Gasteiger partial charge is 0.303 e. The van der Waals surface area contributed by atoms with Crippen molar-refractivity contribution in [2.75, 3.05) is 18.0 Å². The fraction of sp³-hybridized carbons (Fsp3) is 0.615. The number of carboxylic acid groups (broad SMARTS) is 1. The van der Waals surface area contributed by atoms with E-state index in [0.717, 1.165) is 43.9 Å². The summed E-state index contributed by atoms with van der Waals surface area (Å²) < 4.78 is 0. The van der Waals surface area contributed by atoms with Crippen LogP contribution in [0.4, 0.5) is 5.95 Å². The number of aliphatic carboxylic acids is 1. The molecule has 0 amide bonds. The summed E-state index contributed by atoms with van der Waals surface area (Å²) in [7, 11) is 0. The van der Waals surface area contributed by atoms with Crippen LogP contribution in [-0.4, -0.2) is 34.1 Å². The predicted octanol–water partition coefficient (Wildman–Crippen LogP) is 1.73. The van der Waals surface area contributed by atoms with E-state index in [1.807, 2.05) is 12.4 Å². The van der Waals surface area contributed by atoms with Crippen LogP contribution in [0, 0.1) is 5.92 Å². The molecule has 0 atom stereocenters. The highest BCUT2D eigenvalue weighted by molar-refractivity contribution is 5.67. The highest BCUT2D eigenvalue weighted by atomic mass is 16.4. The topological polar surface area (TPSA) is 66.3 Å². The van der Waals surface area contributed by atoms with Crippen LogP contribution in [0.3, 0.4) is 0 Å². The first kappa shape index (κ1) is 12.8. The minimum Gasteiger partial charge on any atom is -0.481 e. The van der Waals surface area contributed by atoms with Crippen LogP contribution < -0.4 is 4.90 Å². The lowest BCUT2D eigenvalue weighted by atomic mass is 9.94. The number of hydrogen-bond donors (Lipinski definition) is 1. The Morgan fingerprint density at radius 3 is 2.50 bits per heavy atom. The van der Waals surface area contributed by atoms with Gasteiger partial charge in [-0.3, -0.25) is 4.79 Å². The molecule has 5 heteroatoms. The summed E-state index contributed by atoms with van der Waals surface area (Å²) in [6.45, 7) is 3.78. The van der Waals surface area contributed by atoms with Gasteiger partial charge in [0.05, 0.1) is 0 Å². The lowest BCUT2D eigenvalue weighted by Gasteiger charge is -2.31. The lowest BCUT2D eigenvalue weighted by Crippen LogP contribution is -2.35. The third-order valence-electron chi connectivity index (χ3n) is 3.46. The van der Waals surface area contributed by atoms with Crippen molar-refractivity contribution >= 4 is 11.9 Å². The first-order valence-corrected chi connectivity index (χ1v) is 6.46. The second-order valence-corrected chi connectivity index (χ2v) is 4.77. The Morgan fingerprint density at radius 1 is 1.39 bits per heavy atom. The molecule has 1 aliphatic rings. The second kappa shape index (κ2) is 5.80. The molecule has 0 bridgehead atoms. The molecule has 2 heterocycles. The summed E-state index contributed by atoms with van der Waals surface area (Å²) in [5.41, 5.74) is 1.14. The van der Waals surface area contributed by atoms with Gasteiger partial charge in [-0.15, -0.1) is 0 Å². The number of rotatable bonds is 4. The molecule has 0 spiro atoms. The zero-order chi connectivity index (χ0) is 13.0. The van der Waals surface area contributed by atoms with Gasteiger partial charge in [-0.25, -0.2) is 9.97 Å². The molecule has 5 nitrogen and oxygen atoms in total. The van der Waals surface area contributed by atoms with E-state index in [1.165, 1.54) is 0 Å². The fourth-order valence-electron chi connectivity index (χ4n) is 2.28. The average Bonchev–Trinajstić information content (AvgIpc) is 2.39. The molecule has 1 fully saturated rings. The molecule has 1 aliphatic heterocycles. The molecule has 0 aromatic carbocycles. The van der Waals surface area contributed by atoms with E-state index in [-0.39, 0.29) is 6.42 Å². The van der Waals surface area contributed by atoms with Gasteiger partial charge in [0.2, 0.25) is 5.95 Å². The number of nitrogens with zero attached hydrogens (tertiary/aromatic N) is 3. The van der Waals surface area contributed by atoms with E-state index in [1.54, 1.807) is 0 Å². The van der Waals surface area contributed by atoms with E-state index < -0.39 is 5.97 Å². The van der Waals surface area contributed by atoms with Gasteiger partial charge in [0.1, 0.15) is 0 Å². The van der Waals surface area contributed by atoms with Crippen LogP contribution in [0.1, 0.15) is 31.7 Å². The summed E-state index contributed by atoms with van der Waals surface area (Å²) in [6, 6.07) is 0. The number of hydrogen-bond acceptors (Lipinski definition) is 4. The highest BCUT2D eigenvalue weighted by Gasteiger charge is 2.22. The van der Waals surface area contributed by atoms with Crippen LogP contribution in [0.2, 0.25) is 0 Å². The van der Waals surface area contributed by atoms with Crippen molar-refractivity contribution in [3.8, 4) is 0 Å². The average molecular weight is 249 g/mol. The monoisotopic (exact) mass is 249 g/mol. The van der Waals surface area contributed by atoms with Crippen LogP contribution in [-0.2, 0) is 11.2 Å². The van der Waals surface area contributed by atoms with Crippen molar-refractivity contribution < 1.29 is 9.90 Å². The van der Waals surface area contributed by atoms with Crippen molar-refractivity contribution in [1.82, 2.24) is 9.97 Å². The van der Waals surface area contributed by atoms with Crippen molar-refractivity contribution in [3.63, 3.8) is 0 Å². The number of anilines is 1. The Labute approximate surface area is 107 Å². The maximum absolute atomic E-state index is 10.7. The summed E-state index contributed by atoms with van der Waals surface area (Å²) >= 11 is 0. The molecular weight excluding hydrogens is 230 g/mol. The van der Waals surface area contributed by atoms with Gasteiger partial charge in [0, 0.05) is 31.9 Å². The van der Waals surface area contributed by atoms with E-state index in [4.69, 9.17) is 5.11 Å². The summed E-state index contributed by atoms with van der Waals surface area (Å²) in [5, 5.41) is 8.77. The molecule has 1 aromatic rings. The van der Waals surface area contributed by atoms with Gasteiger partial charge in [-0.05, 0) is 30.7 Å². The Kier molecular flexibility index (Phi) is 4.12. The van der Waals surface area contributed by atoms with Crippen LogP contribution in [0.25, 0.3) is 0 Å². The number of aryl methyl sites for hydroxylation is 1. The van der Waals surface area contributed by atoms with Crippen molar-refractivity contribution in [2.24, 2.45) is 5.92 Å². The van der Waals surface area contributed by atoms with Gasteiger partial charge < -0.3 is 10.0 Å². The van der Waals surface area contributed by atoms with Crippen molar-refractivity contribution in [2.45, 2.75) is 32.6 Å². The first-order valence-electron chi connectivity index (χ1n) is 6.46. The minimum absolute atomic E-state index is 0.281. The maximum atomic E-state index is 10.7. The molecule has 2 rings (SSSR count). The number of piperidine rings is 1. The van der Waals surface area contributed by atoms with Crippen LogP contribution in [0.5, 0.6) is 0 Å². The van der Waals surface area contributed by atoms with E-state index >= 15 is 0 Å². The minimum atomic E-state index is -0.697. The number of aromatic nitrogens is 2. The Bertz CT molecular complexity index is 397. The van der Waals surface area contributed by atoms with E-state index in [9.17, 15) is 4.79 Å². The van der Waals surface area contributed by atoms with Crippen LogP contribution >= 0.6 is 0 Å². The van der Waals surface area contributed by atoms with Crippen molar-refractivity contribution in [3.05, 3.63) is 18.0 Å². The van der Waals surface area contributed by atoms with Gasteiger partial charge in [0.15, 0.2) is 0 Å². The molecular formula is C13H19N3O2. The van der Waals surface area contributed by atoms with Gasteiger partial charge in [-0.2, -0.15) is 0 Å². The van der Waals surface area contributed by atoms with Crippen LogP contribution in [0.15, 0.2) is 12.4 Å². The molecule has 98 valence electrons. The highest BCUT2D eigenvalue weighted by Crippen LogP contribution is 2.22. The third kappa shape index (κ3) is 3.18. The maximum Gasteiger partial charge on any atom is 0.303 e. The summed E-state index contributed by atoms with van der Waals surface area (Å²) in [5.74, 6) is 0.367. The summed E-state index contributed by atoms with van der Waals surface area (Å²) in [6.07, 6.45) is 6.78. The third-order valence-corrected chi connectivity index (χ3v) is 3.46. The van der Waals surface area contributed by atoms with E-state index in [2.05, 4.69) is 21.8 Å². The second-order valence-electron chi connectivity index (χ2n) is 4.77. The molecule has 1 saturated heterocycles. The standard InChI is InChI=1S/C13H19N3O2/c1-2-10-8-14-13(15-9-10)16-5-3-11(4-6-16)7-12(17)18/h8-9,11H,2-7H2,1H3,(H,17,18). The molecule has 0 radical (unpaired) electrons. The Hall–Kier alpha value is -1.65. The zero-order valence-electron chi connectivity index (χ0n) is 10.7. The van der Waals surface area contributed by atoms with Crippen molar-refractivity contribution in [1.29, 1.82) is 0 Å². The molecule has 0 aliphatic carbocycles. The zero-order valence-corrected chi connectivity index (χ0v) is 10.7. The van der Waals surface area contributed by atoms with Gasteiger partial charge >= 0.3 is 5.97 Å². The van der Waals surface area contributed by atoms with Gasteiger partial charge in [0.25, 0.3) is 0 Å².